The maximum Gasteiger partial charge on any atom is 0.305 e. The van der Waals surface area contributed by atoms with E-state index in [1.807, 2.05) is 0 Å². The average molecular weight is 649 g/mol. The van der Waals surface area contributed by atoms with Crippen molar-refractivity contribution < 1.29 is 24.5 Å². The summed E-state index contributed by atoms with van der Waals surface area (Å²) in [6.07, 6.45) is 3.77. The highest BCUT2D eigenvalue weighted by Crippen LogP contribution is 2.23. The number of thiophene rings is 3. The van der Waals surface area contributed by atoms with Gasteiger partial charge < -0.3 is 19.7 Å². The van der Waals surface area contributed by atoms with E-state index >= 15 is 0 Å². The lowest BCUT2D eigenvalue weighted by molar-refractivity contribution is -0.138. The standard InChI is InChI=1S/C13H14O3S.C13H16OS.C10H10OS/c14-13(15)4-7-16-6-3-10-1-2-12-11(9-10)5-8-17-12;1-2-7-14-8-5-11-3-4-13-12(10-11)6-9-15-13;11-5-3-8-1-2-10-9(7-8)4-6-12-10/h1-2,5,8-9H,3-4,6-7H2,(H,14,15);3-4,6,9-10H,2,5,7-8H2,1H3;1-2,4,6-7,11H,3,5H2. The number of hydrogen-bond donors (Lipinski definition) is 2. The molecule has 44 heavy (non-hydrogen) atoms. The van der Waals surface area contributed by atoms with Gasteiger partial charge in [0.2, 0.25) is 0 Å². The topological polar surface area (TPSA) is 76.0 Å². The van der Waals surface area contributed by atoms with Gasteiger partial charge in [0.25, 0.3) is 0 Å². The van der Waals surface area contributed by atoms with Gasteiger partial charge in [-0.1, -0.05) is 43.3 Å². The van der Waals surface area contributed by atoms with Gasteiger partial charge in [-0.2, -0.15) is 0 Å². The maximum atomic E-state index is 10.3. The molecule has 0 fully saturated rings. The second-order valence-corrected chi connectivity index (χ2v) is 13.1. The van der Waals surface area contributed by atoms with Gasteiger partial charge in [-0.25, -0.2) is 0 Å². The van der Waals surface area contributed by atoms with Crippen molar-refractivity contribution in [1.82, 2.24) is 0 Å². The van der Waals surface area contributed by atoms with Gasteiger partial charge in [-0.05, 0) is 111 Å². The van der Waals surface area contributed by atoms with E-state index in [2.05, 4.69) is 95.9 Å². The molecule has 3 aromatic carbocycles. The van der Waals surface area contributed by atoms with Gasteiger partial charge in [0, 0.05) is 27.3 Å². The third kappa shape index (κ3) is 11.1. The molecular formula is C36H40O5S3. The molecule has 2 N–H and O–H groups in total. The molecule has 3 heterocycles. The Kier molecular flexibility index (Phi) is 14.3. The number of hydrogen-bond acceptors (Lipinski definition) is 7. The molecular weight excluding hydrogens is 609 g/mol. The molecule has 0 aliphatic carbocycles. The number of aliphatic hydroxyl groups excluding tert-OH is 1. The highest BCUT2D eigenvalue weighted by atomic mass is 32.1. The SMILES string of the molecule is CCCOCCc1ccc2sccc2c1.O=C(O)CCOCCc1ccc2sccc2c1.OCCc1ccc2sccc2c1. The first-order valence-corrected chi connectivity index (χ1v) is 17.6. The van der Waals surface area contributed by atoms with E-state index in [1.54, 1.807) is 34.0 Å². The Morgan fingerprint density at radius 2 is 1.05 bits per heavy atom. The number of ether oxygens (including phenoxy) is 2. The first-order chi connectivity index (χ1) is 21.6. The van der Waals surface area contributed by atoms with Crippen LogP contribution in [-0.4, -0.2) is 49.2 Å². The number of carbonyl (C=O) groups is 1. The maximum absolute atomic E-state index is 10.3. The van der Waals surface area contributed by atoms with E-state index in [-0.39, 0.29) is 19.6 Å². The summed E-state index contributed by atoms with van der Waals surface area (Å²) in [6.45, 7) is 4.94. The molecule has 0 spiro atoms. The predicted molar refractivity (Wildman–Crippen MR) is 188 cm³/mol. The van der Waals surface area contributed by atoms with Crippen molar-refractivity contribution in [2.24, 2.45) is 0 Å². The third-order valence-corrected chi connectivity index (χ3v) is 9.52. The molecule has 0 radical (unpaired) electrons. The van der Waals surface area contributed by atoms with Crippen LogP contribution in [0.25, 0.3) is 30.3 Å². The monoisotopic (exact) mass is 648 g/mol. The lowest BCUT2D eigenvalue weighted by atomic mass is 10.1. The first-order valence-electron chi connectivity index (χ1n) is 14.9. The number of carboxylic acids is 1. The molecule has 0 bridgehead atoms. The van der Waals surface area contributed by atoms with Gasteiger partial charge in [-0.3, -0.25) is 4.79 Å². The van der Waals surface area contributed by atoms with Crippen LogP contribution in [0.3, 0.4) is 0 Å². The zero-order valence-corrected chi connectivity index (χ0v) is 27.5. The number of aliphatic carboxylic acids is 1. The molecule has 0 saturated heterocycles. The molecule has 6 aromatic rings. The Labute approximate surface area is 271 Å². The molecule has 8 heteroatoms. The molecule has 0 amide bonds. The van der Waals surface area contributed by atoms with Crippen LogP contribution in [0, 0.1) is 0 Å². The Bertz CT molecular complexity index is 1700. The molecule has 6 rings (SSSR count). The van der Waals surface area contributed by atoms with E-state index in [0.717, 1.165) is 38.9 Å². The largest absolute Gasteiger partial charge is 0.481 e. The first kappa shape index (κ1) is 33.8. The van der Waals surface area contributed by atoms with Crippen molar-refractivity contribution in [2.75, 3.05) is 33.0 Å². The predicted octanol–water partition coefficient (Wildman–Crippen LogP) is 9.24. The van der Waals surface area contributed by atoms with Gasteiger partial charge in [0.05, 0.1) is 26.2 Å². The van der Waals surface area contributed by atoms with Crippen LogP contribution in [-0.2, 0) is 33.5 Å². The van der Waals surface area contributed by atoms with E-state index in [9.17, 15) is 4.79 Å². The summed E-state index contributed by atoms with van der Waals surface area (Å²) in [5.41, 5.74) is 3.81. The summed E-state index contributed by atoms with van der Waals surface area (Å²) >= 11 is 5.28. The lowest BCUT2D eigenvalue weighted by Gasteiger charge is -2.03. The fraction of sp³-hybridized carbons (Fsp3) is 0.306. The number of aliphatic hydroxyl groups is 1. The van der Waals surface area contributed by atoms with Crippen molar-refractivity contribution in [1.29, 1.82) is 0 Å². The van der Waals surface area contributed by atoms with Gasteiger partial charge >= 0.3 is 5.97 Å². The minimum Gasteiger partial charge on any atom is -0.481 e. The molecule has 3 aromatic heterocycles. The van der Waals surface area contributed by atoms with Crippen LogP contribution in [0.5, 0.6) is 0 Å². The van der Waals surface area contributed by atoms with Crippen LogP contribution in [0.4, 0.5) is 0 Å². The van der Waals surface area contributed by atoms with Crippen LogP contribution in [0.1, 0.15) is 36.5 Å². The average Bonchev–Trinajstić information content (AvgIpc) is 3.80. The third-order valence-electron chi connectivity index (χ3n) is 6.83. The fourth-order valence-corrected chi connectivity index (χ4v) is 6.84. The van der Waals surface area contributed by atoms with E-state index < -0.39 is 5.97 Å². The minimum absolute atomic E-state index is 0.0730. The normalized spacial score (nSPS) is 10.9. The van der Waals surface area contributed by atoms with Gasteiger partial charge in [0.1, 0.15) is 0 Å². The number of fused-ring (bicyclic) bond motifs is 3. The van der Waals surface area contributed by atoms with Crippen molar-refractivity contribution in [3.8, 4) is 0 Å². The van der Waals surface area contributed by atoms with Crippen LogP contribution >= 0.6 is 34.0 Å². The van der Waals surface area contributed by atoms with Crippen LogP contribution < -0.4 is 0 Å². The fourth-order valence-electron chi connectivity index (χ4n) is 4.53. The highest BCUT2D eigenvalue weighted by molar-refractivity contribution is 7.17. The summed E-state index contributed by atoms with van der Waals surface area (Å²) in [5.74, 6) is -0.815. The smallest absolute Gasteiger partial charge is 0.305 e. The van der Waals surface area contributed by atoms with E-state index in [4.69, 9.17) is 19.7 Å². The quantitative estimate of drug-likeness (QED) is 0.122. The zero-order valence-electron chi connectivity index (χ0n) is 25.1. The second-order valence-electron chi connectivity index (χ2n) is 10.2. The molecule has 0 saturated carbocycles. The number of rotatable bonds is 13. The Morgan fingerprint density at radius 1 is 0.614 bits per heavy atom. The molecule has 0 atom stereocenters. The summed E-state index contributed by atoms with van der Waals surface area (Å²) in [6, 6.07) is 25.8. The summed E-state index contributed by atoms with van der Waals surface area (Å²) in [4.78, 5) is 10.3. The lowest BCUT2D eigenvalue weighted by Crippen LogP contribution is -2.05. The zero-order chi connectivity index (χ0) is 31.0. The summed E-state index contributed by atoms with van der Waals surface area (Å²) in [5, 5.41) is 27.4. The van der Waals surface area contributed by atoms with Crippen molar-refractivity contribution in [3.05, 3.63) is 106 Å². The molecule has 5 nitrogen and oxygen atoms in total. The van der Waals surface area contributed by atoms with Crippen molar-refractivity contribution in [2.45, 2.75) is 39.0 Å². The Morgan fingerprint density at radius 3 is 1.45 bits per heavy atom. The van der Waals surface area contributed by atoms with E-state index in [0.29, 0.717) is 6.61 Å². The summed E-state index contributed by atoms with van der Waals surface area (Å²) < 4.78 is 14.7. The number of benzene rings is 3. The number of carboxylic acid groups (broad SMARTS) is 1. The van der Waals surface area contributed by atoms with Gasteiger partial charge in [-0.15, -0.1) is 34.0 Å². The Balaban J connectivity index is 0.000000153. The molecule has 0 unspecified atom stereocenters. The second kappa shape index (κ2) is 18.6. The van der Waals surface area contributed by atoms with Crippen molar-refractivity contribution >= 4 is 70.2 Å². The van der Waals surface area contributed by atoms with Gasteiger partial charge in [0.15, 0.2) is 0 Å². The van der Waals surface area contributed by atoms with Crippen molar-refractivity contribution in [3.63, 3.8) is 0 Å². The molecule has 0 aliphatic heterocycles. The minimum atomic E-state index is -0.815. The highest BCUT2D eigenvalue weighted by Gasteiger charge is 2.01. The van der Waals surface area contributed by atoms with Crippen LogP contribution in [0.2, 0.25) is 0 Å². The summed E-state index contributed by atoms with van der Waals surface area (Å²) in [7, 11) is 0. The Hall–Kier alpha value is -3.11. The molecule has 0 aliphatic rings. The van der Waals surface area contributed by atoms with Crippen LogP contribution in [0.15, 0.2) is 88.9 Å². The van der Waals surface area contributed by atoms with E-state index in [1.165, 1.54) is 46.9 Å². The molecule has 232 valence electrons.